The number of pyridine rings is 1. The average Bonchev–Trinajstić information content (AvgIpc) is 2.47. The summed E-state index contributed by atoms with van der Waals surface area (Å²) in [6.07, 6.45) is 3.22. The molecule has 0 amide bonds. The Balaban J connectivity index is 2.07. The van der Waals surface area contributed by atoms with Gasteiger partial charge in [0.15, 0.2) is 0 Å². The Morgan fingerprint density at radius 1 is 0.955 bits per heavy atom. The molecule has 3 aromatic rings. The van der Waals surface area contributed by atoms with Crippen LogP contribution in [-0.4, -0.2) is 13.4 Å². The quantitative estimate of drug-likeness (QED) is 0.762. The molecule has 0 aliphatic rings. The molecule has 0 atom stereocenters. The highest BCUT2D eigenvalue weighted by molar-refractivity contribution is 7.92. The number of nitrogens with one attached hydrogen (secondary N) is 1. The van der Waals surface area contributed by atoms with E-state index in [1.807, 2.05) is 0 Å². The maximum Gasteiger partial charge on any atom is 0.261 e. The minimum absolute atomic E-state index is 0.124. The summed E-state index contributed by atoms with van der Waals surface area (Å²) in [5, 5.41) is 2.37. The predicted octanol–water partition coefficient (Wildman–Crippen LogP) is 4.34. The van der Waals surface area contributed by atoms with Gasteiger partial charge in [-0.15, -0.1) is 0 Å². The molecule has 22 heavy (non-hydrogen) atoms. The summed E-state index contributed by atoms with van der Waals surface area (Å²) in [7, 11) is -3.73. The first-order valence-corrected chi connectivity index (χ1v) is 8.51. The van der Waals surface area contributed by atoms with Crippen LogP contribution in [0.5, 0.6) is 0 Å². The van der Waals surface area contributed by atoms with Gasteiger partial charge in [-0.05, 0) is 42.5 Å². The third kappa shape index (κ3) is 3.02. The number of nitrogens with zero attached hydrogens (tertiary/aromatic N) is 1. The van der Waals surface area contributed by atoms with E-state index in [1.165, 1.54) is 24.3 Å². The Bertz CT molecular complexity index is 941. The third-order valence-electron chi connectivity index (χ3n) is 3.09. The highest BCUT2D eigenvalue weighted by atomic mass is 35.5. The molecule has 3 rings (SSSR count). The van der Waals surface area contributed by atoms with Crippen LogP contribution >= 0.6 is 23.2 Å². The second-order valence-electron chi connectivity index (χ2n) is 4.61. The van der Waals surface area contributed by atoms with Crippen molar-refractivity contribution in [3.63, 3.8) is 0 Å². The van der Waals surface area contributed by atoms with Gasteiger partial charge in [0.05, 0.1) is 10.6 Å². The average molecular weight is 353 g/mol. The predicted molar refractivity (Wildman–Crippen MR) is 89.0 cm³/mol. The Morgan fingerprint density at radius 2 is 1.68 bits per heavy atom. The Morgan fingerprint density at radius 3 is 2.41 bits per heavy atom. The summed E-state index contributed by atoms with van der Waals surface area (Å²) in [4.78, 5) is 4.13. The van der Waals surface area contributed by atoms with Gasteiger partial charge < -0.3 is 0 Å². The summed E-state index contributed by atoms with van der Waals surface area (Å²) >= 11 is 11.8. The molecule has 0 fully saturated rings. The maximum absolute atomic E-state index is 12.5. The minimum Gasteiger partial charge on any atom is -0.279 e. The van der Waals surface area contributed by atoms with Gasteiger partial charge in [-0.3, -0.25) is 9.71 Å². The third-order valence-corrected chi connectivity index (χ3v) is 4.94. The minimum atomic E-state index is -3.73. The molecule has 0 bridgehead atoms. The Labute approximate surface area is 137 Å². The van der Waals surface area contributed by atoms with Crippen molar-refractivity contribution in [2.75, 3.05) is 4.72 Å². The van der Waals surface area contributed by atoms with Crippen LogP contribution in [0, 0.1) is 0 Å². The van der Waals surface area contributed by atoms with Crippen molar-refractivity contribution in [2.45, 2.75) is 4.90 Å². The van der Waals surface area contributed by atoms with Crippen molar-refractivity contribution >= 4 is 49.7 Å². The lowest BCUT2D eigenvalue weighted by molar-refractivity contribution is 0.601. The van der Waals surface area contributed by atoms with Gasteiger partial charge >= 0.3 is 0 Å². The number of benzene rings is 2. The molecule has 0 saturated carbocycles. The number of rotatable bonds is 3. The monoisotopic (exact) mass is 352 g/mol. The van der Waals surface area contributed by atoms with E-state index in [2.05, 4.69) is 9.71 Å². The number of aromatic nitrogens is 1. The highest BCUT2D eigenvalue weighted by Gasteiger charge is 2.16. The number of anilines is 1. The zero-order chi connectivity index (χ0) is 15.7. The molecule has 112 valence electrons. The molecule has 0 radical (unpaired) electrons. The topological polar surface area (TPSA) is 59.1 Å². The van der Waals surface area contributed by atoms with Gasteiger partial charge in [-0.25, -0.2) is 8.42 Å². The number of fused-ring (bicyclic) bond motifs is 1. The fourth-order valence-electron chi connectivity index (χ4n) is 2.07. The molecular formula is C15H10Cl2N2O2S. The molecule has 2 aromatic carbocycles. The van der Waals surface area contributed by atoms with E-state index in [9.17, 15) is 8.42 Å². The van der Waals surface area contributed by atoms with E-state index in [-0.39, 0.29) is 4.90 Å². The van der Waals surface area contributed by atoms with Crippen molar-refractivity contribution in [1.82, 2.24) is 4.98 Å². The molecule has 0 aliphatic carbocycles. The lowest BCUT2D eigenvalue weighted by Gasteiger charge is -2.11. The Kier molecular flexibility index (Phi) is 3.95. The summed E-state index contributed by atoms with van der Waals surface area (Å²) in [6.45, 7) is 0. The van der Waals surface area contributed by atoms with Crippen LogP contribution in [0.1, 0.15) is 0 Å². The van der Waals surface area contributed by atoms with E-state index < -0.39 is 10.0 Å². The summed E-state index contributed by atoms with van der Waals surface area (Å²) in [6, 6.07) is 11.0. The molecule has 0 unspecified atom stereocenters. The molecule has 7 heteroatoms. The number of sulfonamides is 1. The van der Waals surface area contributed by atoms with Gasteiger partial charge in [0.2, 0.25) is 0 Å². The van der Waals surface area contributed by atoms with Crippen molar-refractivity contribution in [3.8, 4) is 0 Å². The van der Waals surface area contributed by atoms with Crippen LogP contribution in [0.15, 0.2) is 59.8 Å². The van der Waals surface area contributed by atoms with Crippen molar-refractivity contribution in [1.29, 1.82) is 0 Å². The van der Waals surface area contributed by atoms with Crippen LogP contribution in [-0.2, 0) is 10.0 Å². The second-order valence-corrected chi connectivity index (χ2v) is 7.16. The van der Waals surface area contributed by atoms with Crippen LogP contribution in [0.25, 0.3) is 10.8 Å². The van der Waals surface area contributed by atoms with E-state index in [0.29, 0.717) is 15.7 Å². The van der Waals surface area contributed by atoms with E-state index in [1.54, 1.807) is 30.6 Å². The molecule has 1 aromatic heterocycles. The fourth-order valence-corrected chi connectivity index (χ4v) is 3.50. The van der Waals surface area contributed by atoms with Crippen molar-refractivity contribution in [2.24, 2.45) is 0 Å². The van der Waals surface area contributed by atoms with Crippen LogP contribution in [0.2, 0.25) is 10.0 Å². The lowest BCUT2D eigenvalue weighted by Crippen LogP contribution is -2.13. The Hall–Kier alpha value is -1.82. The summed E-state index contributed by atoms with van der Waals surface area (Å²) < 4.78 is 27.5. The highest BCUT2D eigenvalue weighted by Crippen LogP contribution is 2.29. The molecule has 1 N–H and O–H groups in total. The van der Waals surface area contributed by atoms with E-state index in [4.69, 9.17) is 23.2 Å². The number of hydrogen-bond acceptors (Lipinski definition) is 3. The molecule has 1 heterocycles. The smallest absolute Gasteiger partial charge is 0.261 e. The molecule has 0 saturated heterocycles. The van der Waals surface area contributed by atoms with E-state index in [0.717, 1.165) is 10.8 Å². The number of halogens is 2. The van der Waals surface area contributed by atoms with Gasteiger partial charge in [0.1, 0.15) is 0 Å². The van der Waals surface area contributed by atoms with Crippen LogP contribution < -0.4 is 4.72 Å². The van der Waals surface area contributed by atoms with Crippen LogP contribution in [0.3, 0.4) is 0 Å². The van der Waals surface area contributed by atoms with E-state index >= 15 is 0 Å². The van der Waals surface area contributed by atoms with Crippen molar-refractivity contribution < 1.29 is 8.42 Å². The van der Waals surface area contributed by atoms with Gasteiger partial charge in [-0.2, -0.15) is 0 Å². The fraction of sp³-hybridized carbons (Fsp3) is 0. The lowest BCUT2D eigenvalue weighted by atomic mass is 10.1. The SMILES string of the molecule is O=S(=O)(Nc1cc(Cl)cc2cnccc12)c1ccc(Cl)cc1. The first-order valence-electron chi connectivity index (χ1n) is 6.27. The standard InChI is InChI=1S/C15H10Cl2N2O2S/c16-11-1-3-13(4-2-11)22(20,21)19-15-8-12(17)7-10-9-18-6-5-14(10)15/h1-9,19H. The first kappa shape index (κ1) is 15.1. The number of hydrogen-bond donors (Lipinski definition) is 1. The zero-order valence-electron chi connectivity index (χ0n) is 11.1. The first-order chi connectivity index (χ1) is 10.5. The van der Waals surface area contributed by atoms with Crippen LogP contribution in [0.4, 0.5) is 5.69 Å². The second kappa shape index (κ2) is 5.76. The summed E-state index contributed by atoms with van der Waals surface area (Å²) in [5.74, 6) is 0. The maximum atomic E-state index is 12.5. The summed E-state index contributed by atoms with van der Waals surface area (Å²) in [5.41, 5.74) is 0.403. The van der Waals surface area contributed by atoms with Gasteiger partial charge in [0, 0.05) is 33.2 Å². The van der Waals surface area contributed by atoms with Gasteiger partial charge in [-0.1, -0.05) is 23.2 Å². The zero-order valence-corrected chi connectivity index (χ0v) is 13.5. The molecular weight excluding hydrogens is 343 g/mol. The largest absolute Gasteiger partial charge is 0.279 e. The molecule has 0 spiro atoms. The molecule has 4 nitrogen and oxygen atoms in total. The molecule has 0 aliphatic heterocycles. The van der Waals surface area contributed by atoms with Crippen molar-refractivity contribution in [3.05, 3.63) is 64.9 Å². The van der Waals surface area contributed by atoms with Gasteiger partial charge in [0.25, 0.3) is 10.0 Å². The normalized spacial score (nSPS) is 11.5.